The van der Waals surface area contributed by atoms with E-state index in [0.29, 0.717) is 30.2 Å². The summed E-state index contributed by atoms with van der Waals surface area (Å²) < 4.78 is 4.90. The molecule has 7 heteroatoms. The van der Waals surface area contributed by atoms with Crippen molar-refractivity contribution >= 4 is 22.8 Å². The lowest BCUT2D eigenvalue weighted by molar-refractivity contribution is 0.457. The summed E-state index contributed by atoms with van der Waals surface area (Å²) >= 11 is 0. The van der Waals surface area contributed by atoms with E-state index in [9.17, 15) is 9.59 Å². The molecular weight excluding hydrogens is 426 g/mol. The molecule has 0 amide bonds. The van der Waals surface area contributed by atoms with Gasteiger partial charge in [0.25, 0.3) is 5.56 Å². The van der Waals surface area contributed by atoms with E-state index in [1.807, 2.05) is 22.8 Å². The normalized spacial score (nSPS) is 15.6. The van der Waals surface area contributed by atoms with Gasteiger partial charge in [0.1, 0.15) is 0 Å². The molecule has 0 spiro atoms. The molecule has 176 valence electrons. The number of imidazole rings is 1. The molecule has 1 atom stereocenters. The topological polar surface area (TPSA) is 65.1 Å². The lowest BCUT2D eigenvalue weighted by Gasteiger charge is -2.33. The SMILES string of the molecule is Cc1ccc(N2CC(C)Cn3c2nc2c3c(=O)n(CCCc3ccccc3)c(=O)n2C)cc1C. The maximum absolute atomic E-state index is 13.6. The van der Waals surface area contributed by atoms with Crippen LogP contribution < -0.4 is 16.1 Å². The molecule has 5 rings (SSSR count). The zero-order chi connectivity index (χ0) is 24.0. The monoisotopic (exact) mass is 457 g/mol. The fourth-order valence-corrected chi connectivity index (χ4v) is 4.90. The number of aromatic nitrogens is 4. The predicted octanol–water partition coefficient (Wildman–Crippen LogP) is 3.93. The highest BCUT2D eigenvalue weighted by molar-refractivity contribution is 5.77. The third kappa shape index (κ3) is 3.75. The maximum atomic E-state index is 13.6. The zero-order valence-electron chi connectivity index (χ0n) is 20.3. The molecule has 0 aliphatic carbocycles. The Hall–Kier alpha value is -3.61. The zero-order valence-corrected chi connectivity index (χ0v) is 20.3. The van der Waals surface area contributed by atoms with Crippen LogP contribution in [0, 0.1) is 19.8 Å². The molecule has 0 saturated carbocycles. The number of anilines is 2. The Kier molecular flexibility index (Phi) is 5.63. The molecule has 0 saturated heterocycles. The summed E-state index contributed by atoms with van der Waals surface area (Å²) in [5.41, 5.74) is 5.11. The highest BCUT2D eigenvalue weighted by Gasteiger charge is 2.29. The Bertz CT molecular complexity index is 1480. The van der Waals surface area contributed by atoms with Gasteiger partial charge in [0.05, 0.1) is 0 Å². The van der Waals surface area contributed by atoms with Crippen molar-refractivity contribution in [2.75, 3.05) is 11.4 Å². The molecule has 2 aromatic heterocycles. The Morgan fingerprint density at radius 3 is 2.50 bits per heavy atom. The van der Waals surface area contributed by atoms with E-state index in [2.05, 4.69) is 56.0 Å². The molecule has 2 aromatic carbocycles. The van der Waals surface area contributed by atoms with Crippen LogP contribution in [0.2, 0.25) is 0 Å². The molecule has 34 heavy (non-hydrogen) atoms. The summed E-state index contributed by atoms with van der Waals surface area (Å²) in [7, 11) is 1.71. The van der Waals surface area contributed by atoms with E-state index < -0.39 is 0 Å². The molecule has 1 unspecified atom stereocenters. The van der Waals surface area contributed by atoms with Crippen LogP contribution in [0.1, 0.15) is 30.0 Å². The van der Waals surface area contributed by atoms with Gasteiger partial charge in [0, 0.05) is 32.4 Å². The second-order valence-corrected chi connectivity index (χ2v) is 9.57. The van der Waals surface area contributed by atoms with Crippen LogP contribution in [0.25, 0.3) is 11.2 Å². The average Bonchev–Trinajstić information content (AvgIpc) is 3.21. The van der Waals surface area contributed by atoms with Crippen molar-refractivity contribution in [2.24, 2.45) is 13.0 Å². The van der Waals surface area contributed by atoms with Crippen LogP contribution in [-0.4, -0.2) is 25.2 Å². The van der Waals surface area contributed by atoms with Gasteiger partial charge in [0.15, 0.2) is 11.2 Å². The van der Waals surface area contributed by atoms with Crippen molar-refractivity contribution < 1.29 is 0 Å². The number of fused-ring (bicyclic) bond motifs is 3. The summed E-state index contributed by atoms with van der Waals surface area (Å²) in [6.45, 7) is 8.28. The minimum atomic E-state index is -0.313. The van der Waals surface area contributed by atoms with Gasteiger partial charge in [-0.15, -0.1) is 0 Å². The van der Waals surface area contributed by atoms with Gasteiger partial charge in [-0.3, -0.25) is 13.9 Å². The summed E-state index contributed by atoms with van der Waals surface area (Å²) in [4.78, 5) is 33.7. The summed E-state index contributed by atoms with van der Waals surface area (Å²) in [5, 5.41) is 0. The summed E-state index contributed by atoms with van der Waals surface area (Å²) in [5.74, 6) is 1.06. The van der Waals surface area contributed by atoms with Crippen molar-refractivity contribution in [2.45, 2.75) is 46.7 Å². The first kappa shape index (κ1) is 22.2. The molecular formula is C27H31N5O2. The van der Waals surface area contributed by atoms with Crippen molar-refractivity contribution in [1.82, 2.24) is 18.7 Å². The molecule has 7 nitrogen and oxygen atoms in total. The van der Waals surface area contributed by atoms with E-state index >= 15 is 0 Å². The average molecular weight is 458 g/mol. The third-order valence-corrected chi connectivity index (χ3v) is 6.93. The van der Waals surface area contributed by atoms with Gasteiger partial charge in [-0.1, -0.05) is 43.3 Å². The predicted molar refractivity (Wildman–Crippen MR) is 136 cm³/mol. The second-order valence-electron chi connectivity index (χ2n) is 9.57. The highest BCUT2D eigenvalue weighted by Crippen LogP contribution is 2.33. The van der Waals surface area contributed by atoms with Crippen molar-refractivity contribution in [3.05, 3.63) is 86.1 Å². The van der Waals surface area contributed by atoms with Crippen LogP contribution in [0.3, 0.4) is 0 Å². The van der Waals surface area contributed by atoms with Crippen LogP contribution in [0.4, 0.5) is 11.6 Å². The van der Waals surface area contributed by atoms with Crippen LogP contribution >= 0.6 is 0 Å². The number of hydrogen-bond acceptors (Lipinski definition) is 4. The Balaban J connectivity index is 1.58. The number of nitrogens with zero attached hydrogens (tertiary/aromatic N) is 5. The Labute approximate surface area is 198 Å². The van der Waals surface area contributed by atoms with Crippen molar-refractivity contribution in [3.63, 3.8) is 0 Å². The smallest absolute Gasteiger partial charge is 0.312 e. The largest absolute Gasteiger partial charge is 0.332 e. The molecule has 0 bridgehead atoms. The van der Waals surface area contributed by atoms with Crippen molar-refractivity contribution in [1.29, 1.82) is 0 Å². The Morgan fingerprint density at radius 1 is 1.00 bits per heavy atom. The number of hydrogen-bond donors (Lipinski definition) is 0. The molecule has 1 aliphatic rings. The standard InChI is InChI=1S/C27H31N5O2/c1-18-16-31(22-13-12-19(2)20(3)15-22)26-28-24-23(32(26)17-18)25(33)30(27(34)29(24)4)14-8-11-21-9-6-5-7-10-21/h5-7,9-10,12-13,15,18H,8,11,14,16-17H2,1-4H3. The minimum Gasteiger partial charge on any atom is -0.312 e. The number of benzene rings is 2. The first-order valence-electron chi connectivity index (χ1n) is 11.9. The quantitative estimate of drug-likeness (QED) is 0.455. The van der Waals surface area contributed by atoms with Gasteiger partial charge < -0.3 is 9.47 Å². The molecule has 0 radical (unpaired) electrons. The van der Waals surface area contributed by atoms with Gasteiger partial charge in [-0.05, 0) is 61.4 Å². The third-order valence-electron chi connectivity index (χ3n) is 6.93. The lowest BCUT2D eigenvalue weighted by Crippen LogP contribution is -2.40. The first-order chi connectivity index (χ1) is 16.3. The van der Waals surface area contributed by atoms with E-state index in [0.717, 1.165) is 31.0 Å². The first-order valence-corrected chi connectivity index (χ1v) is 11.9. The van der Waals surface area contributed by atoms with E-state index in [1.165, 1.54) is 25.8 Å². The maximum Gasteiger partial charge on any atom is 0.332 e. The van der Waals surface area contributed by atoms with E-state index in [1.54, 1.807) is 7.05 Å². The van der Waals surface area contributed by atoms with E-state index in [-0.39, 0.29) is 11.2 Å². The van der Waals surface area contributed by atoms with Crippen LogP contribution in [-0.2, 0) is 26.6 Å². The van der Waals surface area contributed by atoms with Gasteiger partial charge in [-0.2, -0.15) is 4.98 Å². The molecule has 0 N–H and O–H groups in total. The molecule has 4 aromatic rings. The lowest BCUT2D eigenvalue weighted by atomic mass is 10.1. The molecule has 0 fully saturated rings. The van der Waals surface area contributed by atoms with Crippen molar-refractivity contribution in [3.8, 4) is 0 Å². The van der Waals surface area contributed by atoms with Gasteiger partial charge in [-0.25, -0.2) is 4.79 Å². The fourth-order valence-electron chi connectivity index (χ4n) is 4.90. The second kappa shape index (κ2) is 8.63. The minimum absolute atomic E-state index is 0.251. The van der Waals surface area contributed by atoms with Gasteiger partial charge >= 0.3 is 5.69 Å². The van der Waals surface area contributed by atoms with Crippen LogP contribution in [0.15, 0.2) is 58.1 Å². The number of aryl methyl sites for hydroxylation is 4. The summed E-state index contributed by atoms with van der Waals surface area (Å²) in [6, 6.07) is 16.5. The highest BCUT2D eigenvalue weighted by atomic mass is 16.2. The Morgan fingerprint density at radius 2 is 1.76 bits per heavy atom. The fraction of sp³-hybridized carbons (Fsp3) is 0.370. The summed E-state index contributed by atoms with van der Waals surface area (Å²) in [6.07, 6.45) is 1.54. The van der Waals surface area contributed by atoms with E-state index in [4.69, 9.17) is 4.98 Å². The molecule has 3 heterocycles. The molecule has 1 aliphatic heterocycles. The van der Waals surface area contributed by atoms with Crippen LogP contribution in [0.5, 0.6) is 0 Å². The number of rotatable bonds is 5. The van der Waals surface area contributed by atoms with Gasteiger partial charge in [0.2, 0.25) is 5.95 Å².